The second kappa shape index (κ2) is 5.50. The van der Waals surface area contributed by atoms with Crippen molar-refractivity contribution in [2.24, 2.45) is 0 Å². The minimum absolute atomic E-state index is 0.0285. The second-order valence-electron chi connectivity index (χ2n) is 3.95. The third kappa shape index (κ3) is 3.23. The molecule has 1 aromatic rings. The van der Waals surface area contributed by atoms with Gasteiger partial charge in [0.15, 0.2) is 5.78 Å². The third-order valence-corrected chi connectivity index (χ3v) is 2.45. The molecule has 0 N–H and O–H groups in total. The van der Waals surface area contributed by atoms with Gasteiger partial charge in [0.2, 0.25) is 0 Å². The molecular weight excluding hydrogens is 200 g/mol. The topological polar surface area (TPSA) is 26.3 Å². The maximum atomic E-state index is 11.4. The van der Waals surface area contributed by atoms with E-state index in [0.717, 1.165) is 17.6 Å². The number of ether oxygens (including phenoxy) is 1. The number of benzene rings is 1. The number of aryl methyl sites for hydroxylation is 1. The van der Waals surface area contributed by atoms with E-state index in [1.807, 2.05) is 32.0 Å². The molecule has 1 aromatic carbocycles. The normalized spacial score (nSPS) is 9.94. The summed E-state index contributed by atoms with van der Waals surface area (Å²) in [5, 5.41) is 0. The van der Waals surface area contributed by atoms with Crippen LogP contribution in [0.3, 0.4) is 0 Å². The lowest BCUT2D eigenvalue weighted by atomic mass is 10.1. The van der Waals surface area contributed by atoms with Gasteiger partial charge in [0, 0.05) is 0 Å². The van der Waals surface area contributed by atoms with Crippen LogP contribution in [0, 0.1) is 6.92 Å². The molecule has 0 fully saturated rings. The quantitative estimate of drug-likeness (QED) is 0.558. The Bertz CT molecular complexity index is 405. The van der Waals surface area contributed by atoms with Gasteiger partial charge in [0.1, 0.15) is 12.4 Å². The number of carbonyl (C=O) groups is 1. The van der Waals surface area contributed by atoms with Crippen molar-refractivity contribution in [2.45, 2.75) is 27.2 Å². The summed E-state index contributed by atoms with van der Waals surface area (Å²) in [4.78, 5) is 11.4. The Morgan fingerprint density at radius 2 is 2.12 bits per heavy atom. The molecule has 0 bridgehead atoms. The highest BCUT2D eigenvalue weighted by molar-refractivity contribution is 5.97. The highest BCUT2D eigenvalue weighted by Gasteiger charge is 2.08. The fourth-order valence-corrected chi connectivity index (χ4v) is 1.33. The smallest absolute Gasteiger partial charge is 0.163 e. The van der Waals surface area contributed by atoms with Gasteiger partial charge >= 0.3 is 0 Å². The Morgan fingerprint density at radius 1 is 1.44 bits per heavy atom. The lowest BCUT2D eigenvalue weighted by molar-refractivity contribution is 0.101. The first kappa shape index (κ1) is 12.5. The van der Waals surface area contributed by atoms with Crippen LogP contribution in [0.2, 0.25) is 0 Å². The van der Waals surface area contributed by atoms with Crippen LogP contribution in [0.1, 0.15) is 36.2 Å². The summed E-state index contributed by atoms with van der Waals surface area (Å²) in [5.74, 6) is 0.675. The Balaban J connectivity index is 2.87. The first-order valence-electron chi connectivity index (χ1n) is 5.45. The van der Waals surface area contributed by atoms with Crippen molar-refractivity contribution in [3.05, 3.63) is 41.5 Å². The Kier molecular flexibility index (Phi) is 4.29. The molecule has 0 radical (unpaired) electrons. The zero-order valence-corrected chi connectivity index (χ0v) is 10.2. The van der Waals surface area contributed by atoms with Gasteiger partial charge < -0.3 is 4.74 Å². The van der Waals surface area contributed by atoms with Gasteiger partial charge in [-0.25, -0.2) is 0 Å². The number of hydrogen-bond acceptors (Lipinski definition) is 2. The highest BCUT2D eigenvalue weighted by Crippen LogP contribution is 2.21. The number of ketones is 1. The summed E-state index contributed by atoms with van der Waals surface area (Å²) in [5.41, 5.74) is 2.73. The minimum Gasteiger partial charge on any atom is -0.489 e. The van der Waals surface area contributed by atoms with Crippen molar-refractivity contribution in [2.75, 3.05) is 6.61 Å². The molecule has 0 spiro atoms. The molecule has 2 heteroatoms. The van der Waals surface area contributed by atoms with E-state index in [1.54, 1.807) is 6.92 Å². The summed E-state index contributed by atoms with van der Waals surface area (Å²) >= 11 is 0. The molecule has 0 amide bonds. The van der Waals surface area contributed by atoms with E-state index in [2.05, 4.69) is 6.58 Å². The molecule has 0 aliphatic heterocycles. The predicted octanol–water partition coefficient (Wildman–Crippen LogP) is 3.54. The first-order chi connectivity index (χ1) is 7.54. The second-order valence-corrected chi connectivity index (χ2v) is 3.95. The monoisotopic (exact) mass is 218 g/mol. The van der Waals surface area contributed by atoms with E-state index in [9.17, 15) is 4.79 Å². The molecule has 0 aromatic heterocycles. The summed E-state index contributed by atoms with van der Waals surface area (Å²) in [6, 6.07) is 5.64. The molecule has 86 valence electrons. The van der Waals surface area contributed by atoms with Crippen LogP contribution in [0.5, 0.6) is 5.75 Å². The van der Waals surface area contributed by atoms with Crippen LogP contribution in [0.25, 0.3) is 0 Å². The number of carbonyl (C=O) groups excluding carboxylic acids is 1. The average molecular weight is 218 g/mol. The first-order valence-corrected chi connectivity index (χ1v) is 5.45. The van der Waals surface area contributed by atoms with Gasteiger partial charge in [-0.3, -0.25) is 4.79 Å². The van der Waals surface area contributed by atoms with Crippen molar-refractivity contribution in [1.29, 1.82) is 0 Å². The van der Waals surface area contributed by atoms with Gasteiger partial charge in [0.25, 0.3) is 0 Å². The maximum absolute atomic E-state index is 11.4. The number of hydrogen-bond donors (Lipinski definition) is 0. The van der Waals surface area contributed by atoms with Crippen molar-refractivity contribution in [3.8, 4) is 5.75 Å². The Hall–Kier alpha value is -1.57. The Labute approximate surface area is 96.9 Å². The standard InChI is InChI=1S/C14H18O2/c1-5-10(2)9-16-14-7-6-11(3)8-13(14)12(4)15/h6-8H,2,5,9H2,1,3-4H3. The molecule has 0 aliphatic carbocycles. The van der Waals surface area contributed by atoms with Gasteiger partial charge in [-0.2, -0.15) is 0 Å². The molecule has 0 atom stereocenters. The predicted molar refractivity (Wildman–Crippen MR) is 66.1 cm³/mol. The van der Waals surface area contributed by atoms with Crippen molar-refractivity contribution < 1.29 is 9.53 Å². The van der Waals surface area contributed by atoms with Gasteiger partial charge in [0.05, 0.1) is 5.56 Å². The van der Waals surface area contributed by atoms with Gasteiger partial charge in [-0.15, -0.1) is 0 Å². The molecular formula is C14H18O2. The summed E-state index contributed by atoms with van der Waals surface area (Å²) in [7, 11) is 0. The summed E-state index contributed by atoms with van der Waals surface area (Å²) in [6.45, 7) is 9.89. The largest absolute Gasteiger partial charge is 0.489 e. The number of Topliss-reactive ketones (excluding diaryl/α,β-unsaturated/α-hetero) is 1. The van der Waals surface area contributed by atoms with Crippen LogP contribution in [-0.2, 0) is 0 Å². The van der Waals surface area contributed by atoms with Crippen molar-refractivity contribution >= 4 is 5.78 Å². The third-order valence-electron chi connectivity index (χ3n) is 2.45. The van der Waals surface area contributed by atoms with E-state index < -0.39 is 0 Å². The summed E-state index contributed by atoms with van der Waals surface area (Å²) in [6.07, 6.45) is 0.890. The van der Waals surface area contributed by atoms with Gasteiger partial charge in [-0.05, 0) is 38.0 Å². The maximum Gasteiger partial charge on any atom is 0.163 e. The van der Waals surface area contributed by atoms with Crippen molar-refractivity contribution in [3.63, 3.8) is 0 Å². The zero-order chi connectivity index (χ0) is 12.1. The molecule has 2 nitrogen and oxygen atoms in total. The molecule has 0 saturated heterocycles. The van der Waals surface area contributed by atoms with Crippen molar-refractivity contribution in [1.82, 2.24) is 0 Å². The fraction of sp³-hybridized carbons (Fsp3) is 0.357. The molecule has 0 aliphatic rings. The van der Waals surface area contributed by atoms with Crippen LogP contribution in [0.15, 0.2) is 30.4 Å². The number of rotatable bonds is 5. The van der Waals surface area contributed by atoms with E-state index >= 15 is 0 Å². The SMILES string of the molecule is C=C(CC)COc1ccc(C)cc1C(C)=O. The van der Waals surface area contributed by atoms with Crippen LogP contribution in [0.4, 0.5) is 0 Å². The fourth-order valence-electron chi connectivity index (χ4n) is 1.33. The van der Waals surface area contributed by atoms with E-state index in [1.165, 1.54) is 0 Å². The zero-order valence-electron chi connectivity index (χ0n) is 10.2. The molecule has 16 heavy (non-hydrogen) atoms. The van der Waals surface area contributed by atoms with Crippen LogP contribution >= 0.6 is 0 Å². The summed E-state index contributed by atoms with van der Waals surface area (Å²) < 4.78 is 5.59. The van der Waals surface area contributed by atoms with E-state index in [4.69, 9.17) is 4.74 Å². The van der Waals surface area contributed by atoms with E-state index in [0.29, 0.717) is 17.9 Å². The molecule has 1 rings (SSSR count). The minimum atomic E-state index is 0.0285. The Morgan fingerprint density at radius 3 is 2.69 bits per heavy atom. The molecule has 0 unspecified atom stereocenters. The molecule has 0 heterocycles. The molecule has 0 saturated carbocycles. The van der Waals surface area contributed by atoms with Crippen LogP contribution in [-0.4, -0.2) is 12.4 Å². The highest BCUT2D eigenvalue weighted by atomic mass is 16.5. The van der Waals surface area contributed by atoms with Gasteiger partial charge in [-0.1, -0.05) is 25.1 Å². The van der Waals surface area contributed by atoms with E-state index in [-0.39, 0.29) is 5.78 Å². The lowest BCUT2D eigenvalue weighted by Gasteiger charge is -2.11. The average Bonchev–Trinajstić information content (AvgIpc) is 2.26. The van der Waals surface area contributed by atoms with Crippen LogP contribution < -0.4 is 4.74 Å². The lowest BCUT2D eigenvalue weighted by Crippen LogP contribution is -2.04.